The predicted molar refractivity (Wildman–Crippen MR) is 67.2 cm³/mol. The summed E-state index contributed by atoms with van der Waals surface area (Å²) in [7, 11) is 0. The first-order chi connectivity index (χ1) is 7.65. The molecule has 1 aromatic carbocycles. The number of rotatable bonds is 2. The minimum absolute atomic E-state index is 0.388. The van der Waals surface area contributed by atoms with Gasteiger partial charge in [-0.1, -0.05) is 28.9 Å². The van der Waals surface area contributed by atoms with Gasteiger partial charge in [-0.3, -0.25) is 4.90 Å². The van der Waals surface area contributed by atoms with E-state index in [1.807, 2.05) is 0 Å². The molecule has 0 aromatic heterocycles. The van der Waals surface area contributed by atoms with Crippen molar-refractivity contribution in [3.05, 3.63) is 33.8 Å². The zero-order valence-electron chi connectivity index (χ0n) is 9.50. The van der Waals surface area contributed by atoms with Gasteiger partial charge in [-0.25, -0.2) is 0 Å². The molecule has 86 valence electrons. The fourth-order valence-corrected chi connectivity index (χ4v) is 3.04. The van der Waals surface area contributed by atoms with Gasteiger partial charge in [0.2, 0.25) is 0 Å². The molecule has 0 saturated carbocycles. The van der Waals surface area contributed by atoms with Gasteiger partial charge >= 0.3 is 0 Å². The molecule has 0 aliphatic carbocycles. The number of fused-ring (bicyclic) bond motifs is 1. The van der Waals surface area contributed by atoms with Crippen molar-refractivity contribution in [3.8, 4) is 0 Å². The van der Waals surface area contributed by atoms with Crippen LogP contribution in [-0.2, 0) is 17.8 Å². The van der Waals surface area contributed by atoms with Crippen LogP contribution in [0.5, 0.6) is 0 Å². The summed E-state index contributed by atoms with van der Waals surface area (Å²) in [6, 6.07) is 6.62. The number of hydrogen-bond acceptors (Lipinski definition) is 2. The Balaban J connectivity index is 1.70. The minimum atomic E-state index is 0.388. The Kier molecular flexibility index (Phi) is 2.57. The predicted octanol–water partition coefficient (Wildman–Crippen LogP) is 2.80. The Labute approximate surface area is 105 Å². The van der Waals surface area contributed by atoms with E-state index in [0.29, 0.717) is 5.41 Å². The average molecular weight is 282 g/mol. The highest BCUT2D eigenvalue weighted by molar-refractivity contribution is 9.10. The highest BCUT2D eigenvalue weighted by atomic mass is 79.9. The molecule has 1 fully saturated rings. The van der Waals surface area contributed by atoms with Gasteiger partial charge in [-0.05, 0) is 23.3 Å². The lowest BCUT2D eigenvalue weighted by molar-refractivity contribution is -0.115. The normalized spacial score (nSPS) is 22.9. The molecule has 2 heterocycles. The quantitative estimate of drug-likeness (QED) is 0.827. The Morgan fingerprint density at radius 2 is 2.06 bits per heavy atom. The van der Waals surface area contributed by atoms with Gasteiger partial charge in [0.05, 0.1) is 13.2 Å². The largest absolute Gasteiger partial charge is 0.380 e. The second kappa shape index (κ2) is 3.83. The van der Waals surface area contributed by atoms with Crippen LogP contribution >= 0.6 is 15.9 Å². The third kappa shape index (κ3) is 1.92. The molecule has 0 radical (unpaired) electrons. The molecule has 3 heteroatoms. The minimum Gasteiger partial charge on any atom is -0.380 e. The molecular weight excluding hydrogens is 266 g/mol. The van der Waals surface area contributed by atoms with Crippen LogP contribution in [0.4, 0.5) is 0 Å². The highest BCUT2D eigenvalue weighted by Gasteiger charge is 2.36. The Morgan fingerprint density at radius 1 is 1.31 bits per heavy atom. The molecule has 16 heavy (non-hydrogen) atoms. The van der Waals surface area contributed by atoms with Crippen LogP contribution < -0.4 is 0 Å². The van der Waals surface area contributed by atoms with Crippen molar-refractivity contribution in [2.24, 2.45) is 5.41 Å². The van der Waals surface area contributed by atoms with Crippen molar-refractivity contribution >= 4 is 15.9 Å². The van der Waals surface area contributed by atoms with Gasteiger partial charge in [0, 0.05) is 29.5 Å². The molecule has 0 amide bonds. The van der Waals surface area contributed by atoms with Crippen LogP contribution in [0.2, 0.25) is 0 Å². The van der Waals surface area contributed by atoms with Gasteiger partial charge < -0.3 is 4.74 Å². The molecule has 2 aliphatic heterocycles. The van der Waals surface area contributed by atoms with Gasteiger partial charge in [0.25, 0.3) is 0 Å². The van der Waals surface area contributed by atoms with E-state index >= 15 is 0 Å². The molecule has 0 N–H and O–H groups in total. The van der Waals surface area contributed by atoms with E-state index < -0.39 is 0 Å². The molecule has 1 saturated heterocycles. The summed E-state index contributed by atoms with van der Waals surface area (Å²) in [5, 5.41) is 0. The molecule has 0 spiro atoms. The lowest BCUT2D eigenvalue weighted by Crippen LogP contribution is -2.47. The van der Waals surface area contributed by atoms with Gasteiger partial charge in [-0.2, -0.15) is 0 Å². The zero-order chi connectivity index (χ0) is 11.2. The Bertz CT molecular complexity index is 414. The molecule has 2 aliphatic rings. The maximum absolute atomic E-state index is 5.31. The number of nitrogens with zero attached hydrogens (tertiary/aromatic N) is 1. The number of ether oxygens (including phenoxy) is 1. The van der Waals surface area contributed by atoms with Crippen molar-refractivity contribution < 1.29 is 4.74 Å². The summed E-state index contributed by atoms with van der Waals surface area (Å²) in [5.41, 5.74) is 3.34. The summed E-state index contributed by atoms with van der Waals surface area (Å²) >= 11 is 3.53. The summed E-state index contributed by atoms with van der Waals surface area (Å²) in [6.45, 7) is 7.49. The molecule has 2 nitrogen and oxygen atoms in total. The van der Waals surface area contributed by atoms with Crippen molar-refractivity contribution in [3.63, 3.8) is 0 Å². The maximum Gasteiger partial charge on any atom is 0.0554 e. The van der Waals surface area contributed by atoms with Crippen LogP contribution in [0.3, 0.4) is 0 Å². The van der Waals surface area contributed by atoms with Crippen molar-refractivity contribution in [1.82, 2.24) is 4.90 Å². The van der Waals surface area contributed by atoms with Gasteiger partial charge in [-0.15, -0.1) is 0 Å². The molecule has 0 unspecified atom stereocenters. The van der Waals surface area contributed by atoms with E-state index in [-0.39, 0.29) is 0 Å². The molecule has 0 bridgehead atoms. The maximum atomic E-state index is 5.31. The Hall–Kier alpha value is -0.380. The summed E-state index contributed by atoms with van der Waals surface area (Å²) in [4.78, 5) is 2.53. The van der Waals surface area contributed by atoms with Crippen LogP contribution in [-0.4, -0.2) is 24.7 Å². The second-order valence-electron chi connectivity index (χ2n) is 5.36. The van der Waals surface area contributed by atoms with Gasteiger partial charge in [0.15, 0.2) is 0 Å². The third-order valence-electron chi connectivity index (χ3n) is 3.46. The lowest BCUT2D eigenvalue weighted by atomic mass is 9.88. The fraction of sp³-hybridized carbons (Fsp3) is 0.538. The molecular formula is C13H16BrNO. The van der Waals surface area contributed by atoms with E-state index in [0.717, 1.165) is 32.8 Å². The van der Waals surface area contributed by atoms with E-state index in [1.54, 1.807) is 0 Å². The topological polar surface area (TPSA) is 12.5 Å². The van der Waals surface area contributed by atoms with E-state index in [9.17, 15) is 0 Å². The van der Waals surface area contributed by atoms with Crippen LogP contribution in [0.25, 0.3) is 0 Å². The summed E-state index contributed by atoms with van der Waals surface area (Å²) in [5.74, 6) is 0. The number of hydrogen-bond donors (Lipinski definition) is 0. The van der Waals surface area contributed by atoms with Crippen molar-refractivity contribution in [2.45, 2.75) is 20.0 Å². The molecule has 3 rings (SSSR count). The van der Waals surface area contributed by atoms with Crippen LogP contribution in [0, 0.1) is 5.41 Å². The summed E-state index contributed by atoms with van der Waals surface area (Å²) < 4.78 is 6.50. The summed E-state index contributed by atoms with van der Waals surface area (Å²) in [6.07, 6.45) is 0. The zero-order valence-corrected chi connectivity index (χ0v) is 11.1. The van der Waals surface area contributed by atoms with Gasteiger partial charge in [0.1, 0.15) is 0 Å². The van der Waals surface area contributed by atoms with Crippen LogP contribution in [0.1, 0.15) is 18.1 Å². The average Bonchev–Trinajstić information content (AvgIpc) is 2.56. The van der Waals surface area contributed by atoms with Crippen molar-refractivity contribution in [2.75, 3.05) is 19.8 Å². The highest BCUT2D eigenvalue weighted by Crippen LogP contribution is 2.32. The monoisotopic (exact) mass is 281 g/mol. The first kappa shape index (κ1) is 10.8. The van der Waals surface area contributed by atoms with Crippen LogP contribution in [0.15, 0.2) is 22.7 Å². The van der Waals surface area contributed by atoms with E-state index in [1.165, 1.54) is 15.6 Å². The lowest BCUT2D eigenvalue weighted by Gasteiger charge is -2.40. The number of benzene rings is 1. The van der Waals surface area contributed by atoms with E-state index in [4.69, 9.17) is 4.74 Å². The second-order valence-corrected chi connectivity index (χ2v) is 6.28. The molecule has 1 aromatic rings. The fourth-order valence-electron chi connectivity index (χ4n) is 2.63. The van der Waals surface area contributed by atoms with E-state index in [2.05, 4.69) is 46.0 Å². The third-order valence-corrected chi connectivity index (χ3v) is 3.96. The SMILES string of the molecule is CC1(CN2Cc3ccc(Br)cc3C2)COC1. The standard InChI is InChI=1S/C13H16BrNO/c1-13(8-16-9-13)7-15-5-10-2-3-12(14)4-11(10)6-15/h2-4H,5-9H2,1H3. The molecule has 0 atom stereocenters. The smallest absolute Gasteiger partial charge is 0.0554 e. The Morgan fingerprint density at radius 3 is 2.75 bits per heavy atom. The van der Waals surface area contributed by atoms with Crippen molar-refractivity contribution in [1.29, 1.82) is 0 Å². The first-order valence-corrected chi connectivity index (χ1v) is 6.51. The first-order valence-electron chi connectivity index (χ1n) is 5.72. The number of halogens is 1.